The molecule has 6 nitrogen and oxygen atoms in total. The van der Waals surface area contributed by atoms with Gasteiger partial charge in [0.1, 0.15) is 0 Å². The van der Waals surface area contributed by atoms with E-state index in [0.717, 1.165) is 50.8 Å². The van der Waals surface area contributed by atoms with E-state index in [1.54, 1.807) is 0 Å². The SMILES string of the molecule is O=C(NCC1CCCO1)N1CCCCC1c1cn[nH]c1. The van der Waals surface area contributed by atoms with Crippen molar-refractivity contribution in [2.45, 2.75) is 44.2 Å². The van der Waals surface area contributed by atoms with E-state index in [0.29, 0.717) is 6.54 Å². The minimum absolute atomic E-state index is 0.0198. The predicted octanol–water partition coefficient (Wildman–Crippen LogP) is 1.83. The van der Waals surface area contributed by atoms with Gasteiger partial charge < -0.3 is 15.0 Å². The first-order valence-electron chi connectivity index (χ1n) is 7.49. The van der Waals surface area contributed by atoms with E-state index in [9.17, 15) is 4.79 Å². The average Bonchev–Trinajstić information content (AvgIpc) is 3.18. The Morgan fingerprint density at radius 3 is 3.15 bits per heavy atom. The number of aromatic nitrogens is 2. The second kappa shape index (κ2) is 6.26. The van der Waals surface area contributed by atoms with E-state index in [-0.39, 0.29) is 18.2 Å². The van der Waals surface area contributed by atoms with Crippen LogP contribution < -0.4 is 5.32 Å². The van der Waals surface area contributed by atoms with E-state index >= 15 is 0 Å². The molecule has 0 bridgehead atoms. The maximum absolute atomic E-state index is 12.4. The van der Waals surface area contributed by atoms with Crippen molar-refractivity contribution < 1.29 is 9.53 Å². The molecule has 3 heterocycles. The molecule has 6 heteroatoms. The number of ether oxygens (including phenoxy) is 1. The van der Waals surface area contributed by atoms with Crippen LogP contribution in [-0.4, -0.2) is 46.9 Å². The lowest BCUT2D eigenvalue weighted by atomic mass is 9.98. The summed E-state index contributed by atoms with van der Waals surface area (Å²) in [6, 6.07) is 0.165. The summed E-state index contributed by atoms with van der Waals surface area (Å²) in [5, 5.41) is 9.85. The van der Waals surface area contributed by atoms with E-state index in [4.69, 9.17) is 4.74 Å². The van der Waals surface area contributed by atoms with Gasteiger partial charge in [0.15, 0.2) is 0 Å². The smallest absolute Gasteiger partial charge is 0.318 e. The molecule has 2 fully saturated rings. The number of piperidine rings is 1. The lowest BCUT2D eigenvalue weighted by molar-refractivity contribution is 0.104. The molecular weight excluding hydrogens is 256 g/mol. The average molecular weight is 278 g/mol. The van der Waals surface area contributed by atoms with Gasteiger partial charge in [0.25, 0.3) is 0 Å². The van der Waals surface area contributed by atoms with Crippen LogP contribution in [0.25, 0.3) is 0 Å². The van der Waals surface area contributed by atoms with Gasteiger partial charge >= 0.3 is 6.03 Å². The van der Waals surface area contributed by atoms with Crippen molar-refractivity contribution in [3.8, 4) is 0 Å². The van der Waals surface area contributed by atoms with Crippen LogP contribution in [0.1, 0.15) is 43.7 Å². The minimum Gasteiger partial charge on any atom is -0.376 e. The number of likely N-dealkylation sites (tertiary alicyclic amines) is 1. The van der Waals surface area contributed by atoms with Gasteiger partial charge in [-0.05, 0) is 32.1 Å². The van der Waals surface area contributed by atoms with Gasteiger partial charge in [-0.1, -0.05) is 0 Å². The van der Waals surface area contributed by atoms with Crippen LogP contribution in [0.15, 0.2) is 12.4 Å². The normalized spacial score (nSPS) is 26.7. The maximum Gasteiger partial charge on any atom is 0.318 e. The fourth-order valence-electron chi connectivity index (χ4n) is 3.07. The van der Waals surface area contributed by atoms with Crippen molar-refractivity contribution >= 4 is 6.03 Å². The number of carbonyl (C=O) groups excluding carboxylic acids is 1. The second-order valence-electron chi connectivity index (χ2n) is 5.56. The molecule has 20 heavy (non-hydrogen) atoms. The van der Waals surface area contributed by atoms with Crippen LogP contribution in [0.2, 0.25) is 0 Å². The highest BCUT2D eigenvalue weighted by molar-refractivity contribution is 5.74. The number of urea groups is 1. The zero-order valence-electron chi connectivity index (χ0n) is 11.7. The second-order valence-corrected chi connectivity index (χ2v) is 5.56. The molecule has 0 aromatic carbocycles. The van der Waals surface area contributed by atoms with Crippen LogP contribution in [0, 0.1) is 0 Å². The molecule has 110 valence electrons. The number of amides is 2. The Hall–Kier alpha value is -1.56. The number of hydrogen-bond donors (Lipinski definition) is 2. The summed E-state index contributed by atoms with van der Waals surface area (Å²) in [5.41, 5.74) is 1.09. The first kappa shape index (κ1) is 13.4. The number of nitrogens with zero attached hydrogens (tertiary/aromatic N) is 2. The zero-order valence-corrected chi connectivity index (χ0v) is 11.7. The minimum atomic E-state index is 0.0198. The lowest BCUT2D eigenvalue weighted by Gasteiger charge is -2.35. The monoisotopic (exact) mass is 278 g/mol. The Morgan fingerprint density at radius 2 is 2.40 bits per heavy atom. The van der Waals surface area contributed by atoms with E-state index in [1.807, 2.05) is 17.3 Å². The summed E-state index contributed by atoms with van der Waals surface area (Å²) in [4.78, 5) is 14.3. The van der Waals surface area contributed by atoms with Gasteiger partial charge in [0, 0.05) is 31.5 Å². The summed E-state index contributed by atoms with van der Waals surface area (Å²) in [5.74, 6) is 0. The highest BCUT2D eigenvalue weighted by Gasteiger charge is 2.29. The molecule has 3 rings (SSSR count). The van der Waals surface area contributed by atoms with Crippen LogP contribution in [0.4, 0.5) is 4.79 Å². The van der Waals surface area contributed by atoms with Crippen molar-refractivity contribution in [3.63, 3.8) is 0 Å². The van der Waals surface area contributed by atoms with Gasteiger partial charge in [0.2, 0.25) is 0 Å². The highest BCUT2D eigenvalue weighted by atomic mass is 16.5. The maximum atomic E-state index is 12.4. The molecule has 2 N–H and O–H groups in total. The summed E-state index contributed by atoms with van der Waals surface area (Å²) >= 11 is 0. The number of hydrogen-bond acceptors (Lipinski definition) is 3. The summed E-state index contributed by atoms with van der Waals surface area (Å²) in [6.07, 6.45) is 9.27. The lowest BCUT2D eigenvalue weighted by Crippen LogP contribution is -2.46. The summed E-state index contributed by atoms with van der Waals surface area (Å²) in [6.45, 7) is 2.25. The van der Waals surface area contributed by atoms with Crippen molar-refractivity contribution in [2.24, 2.45) is 0 Å². The number of rotatable bonds is 3. The molecular formula is C14H22N4O2. The molecule has 2 amide bonds. The van der Waals surface area contributed by atoms with Gasteiger partial charge in [0.05, 0.1) is 18.3 Å². The van der Waals surface area contributed by atoms with Gasteiger partial charge in [-0.3, -0.25) is 5.10 Å². The third-order valence-electron chi connectivity index (χ3n) is 4.17. The Bertz CT molecular complexity index is 428. The van der Waals surface area contributed by atoms with E-state index in [2.05, 4.69) is 15.5 Å². The molecule has 2 saturated heterocycles. The third kappa shape index (κ3) is 2.95. The van der Waals surface area contributed by atoms with E-state index in [1.165, 1.54) is 0 Å². The van der Waals surface area contributed by atoms with Gasteiger partial charge in [-0.25, -0.2) is 4.79 Å². The zero-order chi connectivity index (χ0) is 13.8. The van der Waals surface area contributed by atoms with Crippen molar-refractivity contribution in [1.82, 2.24) is 20.4 Å². The fourth-order valence-corrected chi connectivity index (χ4v) is 3.07. The van der Waals surface area contributed by atoms with Crippen LogP contribution >= 0.6 is 0 Å². The van der Waals surface area contributed by atoms with Crippen LogP contribution in [0.5, 0.6) is 0 Å². The first-order valence-corrected chi connectivity index (χ1v) is 7.49. The molecule has 2 aliphatic heterocycles. The van der Waals surface area contributed by atoms with Crippen molar-refractivity contribution in [2.75, 3.05) is 19.7 Å². The van der Waals surface area contributed by atoms with Crippen LogP contribution in [-0.2, 0) is 4.74 Å². The molecule has 2 atom stereocenters. The molecule has 1 aromatic heterocycles. The number of carbonyl (C=O) groups is 1. The standard InChI is InChI=1S/C14H22N4O2/c19-14(15-10-12-4-3-7-20-12)18-6-2-1-5-13(18)11-8-16-17-9-11/h8-9,12-13H,1-7,10H2,(H,15,19)(H,16,17). The first-order chi connectivity index (χ1) is 9.84. The molecule has 2 aliphatic rings. The molecule has 0 aliphatic carbocycles. The predicted molar refractivity (Wildman–Crippen MR) is 74.3 cm³/mol. The van der Waals surface area contributed by atoms with Gasteiger partial charge in [-0.2, -0.15) is 5.10 Å². The Labute approximate surface area is 118 Å². The third-order valence-corrected chi connectivity index (χ3v) is 4.17. The molecule has 2 unspecified atom stereocenters. The number of H-pyrrole nitrogens is 1. The summed E-state index contributed by atoms with van der Waals surface area (Å²) < 4.78 is 5.54. The molecule has 0 spiro atoms. The largest absolute Gasteiger partial charge is 0.376 e. The Balaban J connectivity index is 1.59. The number of aromatic amines is 1. The fraction of sp³-hybridized carbons (Fsp3) is 0.714. The topological polar surface area (TPSA) is 70.2 Å². The molecule has 0 saturated carbocycles. The number of nitrogens with one attached hydrogen (secondary N) is 2. The quantitative estimate of drug-likeness (QED) is 0.886. The van der Waals surface area contributed by atoms with Crippen molar-refractivity contribution in [1.29, 1.82) is 0 Å². The molecule has 1 aromatic rings. The summed E-state index contributed by atoms with van der Waals surface area (Å²) in [7, 11) is 0. The van der Waals surface area contributed by atoms with E-state index < -0.39 is 0 Å². The van der Waals surface area contributed by atoms with Gasteiger partial charge in [-0.15, -0.1) is 0 Å². The Kier molecular flexibility index (Phi) is 4.20. The Morgan fingerprint density at radius 1 is 1.45 bits per heavy atom. The molecule has 0 radical (unpaired) electrons. The van der Waals surface area contributed by atoms with Crippen LogP contribution in [0.3, 0.4) is 0 Å². The van der Waals surface area contributed by atoms with Crippen molar-refractivity contribution in [3.05, 3.63) is 18.0 Å². The highest BCUT2D eigenvalue weighted by Crippen LogP contribution is 2.30.